The van der Waals surface area contributed by atoms with Crippen molar-refractivity contribution in [1.82, 2.24) is 19.2 Å². The Hall–Kier alpha value is -4.54. The van der Waals surface area contributed by atoms with E-state index in [0.717, 1.165) is 41.8 Å². The lowest BCUT2D eigenvalue weighted by Crippen LogP contribution is -2.47. The summed E-state index contributed by atoms with van der Waals surface area (Å²) in [4.78, 5) is 62.3. The molecule has 2 aromatic heterocycles. The van der Waals surface area contributed by atoms with Gasteiger partial charge in [0.25, 0.3) is 17.4 Å². The lowest BCUT2D eigenvalue weighted by molar-refractivity contribution is -0.122. The van der Waals surface area contributed by atoms with Gasteiger partial charge in [-0.1, -0.05) is 0 Å². The van der Waals surface area contributed by atoms with Gasteiger partial charge in [0.2, 0.25) is 5.91 Å². The first-order chi connectivity index (χ1) is 19.8. The van der Waals surface area contributed by atoms with Crippen LogP contribution in [-0.2, 0) is 16.6 Å². The smallest absolute Gasteiger partial charge is 0.262 e. The van der Waals surface area contributed by atoms with Crippen LogP contribution in [0.3, 0.4) is 0 Å². The van der Waals surface area contributed by atoms with Crippen LogP contribution in [0.25, 0.3) is 11.1 Å². The fourth-order valence-corrected chi connectivity index (χ4v) is 5.88. The summed E-state index contributed by atoms with van der Waals surface area (Å²) >= 11 is 0. The van der Waals surface area contributed by atoms with Gasteiger partial charge in [0.1, 0.15) is 12.3 Å². The van der Waals surface area contributed by atoms with Crippen LogP contribution in [0.4, 0.5) is 5.69 Å². The second kappa shape index (κ2) is 10.5. The summed E-state index contributed by atoms with van der Waals surface area (Å²) in [6.45, 7) is 0.688. The third kappa shape index (κ3) is 4.85. The first kappa shape index (κ1) is 26.7. The molecule has 1 aromatic carbocycles. The van der Waals surface area contributed by atoms with Gasteiger partial charge in [0, 0.05) is 49.6 Å². The number of carbonyl (C=O) groups is 4. The standard InChI is InChI=1S/C30H32N6O5/c1-34-10-2-4-21(28(34)39)24-16-35(33-26(24)18-6-7-18)20-12-17(13-20)15-32-19-8-9-22-23(14-19)30(41)36(29(22)40)25(27(31)38)5-3-11-37/h2,4,8-11,14,16-18,20,25,32H,3,5-7,12-13,15H2,1H3,(H2,31,38)/t17-,20-,25?. The molecule has 6 rings (SSSR count). The molecule has 0 spiro atoms. The highest BCUT2D eigenvalue weighted by Gasteiger charge is 2.42. The average Bonchev–Trinajstić information content (AvgIpc) is 3.64. The lowest BCUT2D eigenvalue weighted by atomic mass is 9.80. The van der Waals surface area contributed by atoms with E-state index in [9.17, 15) is 24.0 Å². The van der Waals surface area contributed by atoms with Crippen LogP contribution in [0.1, 0.15) is 76.9 Å². The number of rotatable bonds is 11. The van der Waals surface area contributed by atoms with E-state index in [1.165, 1.54) is 0 Å². The highest BCUT2D eigenvalue weighted by atomic mass is 16.2. The Kier molecular flexibility index (Phi) is 6.80. The molecule has 3 amide bonds. The summed E-state index contributed by atoms with van der Waals surface area (Å²) in [6.07, 6.45) is 8.49. The molecule has 3 aromatic rings. The quantitative estimate of drug-likeness (QED) is 0.272. The Labute approximate surface area is 236 Å². The second-order valence-electron chi connectivity index (χ2n) is 11.3. The van der Waals surface area contributed by atoms with E-state index in [1.807, 2.05) is 23.0 Å². The van der Waals surface area contributed by atoms with Crippen LogP contribution < -0.4 is 16.6 Å². The number of carbonyl (C=O) groups excluding carboxylic acids is 4. The highest BCUT2D eigenvalue weighted by Crippen LogP contribution is 2.45. The Morgan fingerprint density at radius 1 is 1.10 bits per heavy atom. The Morgan fingerprint density at radius 3 is 2.56 bits per heavy atom. The summed E-state index contributed by atoms with van der Waals surface area (Å²) in [5.41, 5.74) is 9.20. The maximum atomic E-state index is 13.0. The van der Waals surface area contributed by atoms with E-state index in [0.29, 0.717) is 35.9 Å². The Balaban J connectivity index is 1.10. The van der Waals surface area contributed by atoms with Gasteiger partial charge in [-0.05, 0) is 68.4 Å². The second-order valence-corrected chi connectivity index (χ2v) is 11.3. The highest BCUT2D eigenvalue weighted by molar-refractivity contribution is 6.23. The summed E-state index contributed by atoms with van der Waals surface area (Å²) in [5, 5.41) is 8.30. The monoisotopic (exact) mass is 556 g/mol. The van der Waals surface area contributed by atoms with Crippen LogP contribution in [0.5, 0.6) is 0 Å². The number of fused-ring (bicyclic) bond motifs is 1. The number of amides is 3. The third-order valence-electron chi connectivity index (χ3n) is 8.43. The molecule has 0 radical (unpaired) electrons. The van der Waals surface area contributed by atoms with Crippen molar-refractivity contribution >= 4 is 29.7 Å². The van der Waals surface area contributed by atoms with E-state index in [4.69, 9.17) is 10.8 Å². The van der Waals surface area contributed by atoms with Crippen LogP contribution in [0.15, 0.2) is 47.5 Å². The van der Waals surface area contributed by atoms with Crippen molar-refractivity contribution in [2.75, 3.05) is 11.9 Å². The van der Waals surface area contributed by atoms with E-state index >= 15 is 0 Å². The van der Waals surface area contributed by atoms with E-state index in [-0.39, 0.29) is 35.6 Å². The van der Waals surface area contributed by atoms with Gasteiger partial charge in [-0.25, -0.2) is 0 Å². The van der Waals surface area contributed by atoms with Crippen molar-refractivity contribution < 1.29 is 19.2 Å². The number of primary amides is 1. The molecule has 1 aliphatic heterocycles. The Morgan fingerprint density at radius 2 is 1.85 bits per heavy atom. The SMILES string of the molecule is Cn1cccc(-c2cn([C@H]3C[C@H](CNc4ccc5c(c4)C(=O)N(C(CCC=O)C(N)=O)C5=O)C3)nc2C2CC2)c1=O. The number of nitrogens with two attached hydrogens (primary N) is 1. The third-order valence-corrected chi connectivity index (χ3v) is 8.43. The molecule has 212 valence electrons. The number of nitrogens with zero attached hydrogens (tertiary/aromatic N) is 4. The van der Waals surface area contributed by atoms with Crippen LogP contribution in [0.2, 0.25) is 0 Å². The van der Waals surface area contributed by atoms with Crippen molar-refractivity contribution in [1.29, 1.82) is 0 Å². The number of pyridine rings is 1. The molecule has 11 heteroatoms. The molecule has 3 N–H and O–H groups in total. The zero-order chi connectivity index (χ0) is 28.8. The van der Waals surface area contributed by atoms with E-state index in [1.54, 1.807) is 36.0 Å². The van der Waals surface area contributed by atoms with E-state index in [2.05, 4.69) is 5.32 Å². The molecule has 1 unspecified atom stereocenters. The fraction of sp³-hybridized carbons (Fsp3) is 0.400. The number of hydrogen-bond acceptors (Lipinski definition) is 7. The first-order valence-corrected chi connectivity index (χ1v) is 14.0. The molecular weight excluding hydrogens is 524 g/mol. The molecule has 0 saturated heterocycles. The molecule has 1 atom stereocenters. The molecule has 41 heavy (non-hydrogen) atoms. The molecule has 3 heterocycles. The minimum atomic E-state index is -1.16. The number of aldehydes is 1. The molecular formula is C30H32N6O5. The summed E-state index contributed by atoms with van der Waals surface area (Å²) in [6, 6.07) is 7.81. The van der Waals surface area contributed by atoms with Gasteiger partial charge in [-0.2, -0.15) is 5.10 Å². The molecule has 2 saturated carbocycles. The number of imide groups is 1. The minimum absolute atomic E-state index is 0.000153. The van der Waals surface area contributed by atoms with Gasteiger partial charge >= 0.3 is 0 Å². The van der Waals surface area contributed by atoms with Crippen molar-refractivity contribution in [3.05, 3.63) is 69.9 Å². The first-order valence-electron chi connectivity index (χ1n) is 14.0. The van der Waals surface area contributed by atoms with E-state index < -0.39 is 23.8 Å². The van der Waals surface area contributed by atoms with Crippen molar-refractivity contribution in [2.24, 2.45) is 18.7 Å². The number of hydrogen-bond donors (Lipinski definition) is 2. The fourth-order valence-electron chi connectivity index (χ4n) is 5.88. The molecule has 3 aliphatic rings. The van der Waals surface area contributed by atoms with Gasteiger partial charge in [-0.3, -0.25) is 28.8 Å². The topological polar surface area (TPSA) is 149 Å². The normalized spacial score (nSPS) is 20.5. The lowest BCUT2D eigenvalue weighted by Gasteiger charge is -2.35. The average molecular weight is 557 g/mol. The number of benzene rings is 1. The maximum Gasteiger partial charge on any atom is 0.262 e. The molecule has 2 fully saturated rings. The maximum absolute atomic E-state index is 13.0. The predicted octanol–water partition coefficient (Wildman–Crippen LogP) is 2.62. The van der Waals surface area contributed by atoms with Crippen molar-refractivity contribution in [3.63, 3.8) is 0 Å². The summed E-state index contributed by atoms with van der Waals surface area (Å²) in [7, 11) is 1.76. The van der Waals surface area contributed by atoms with Crippen molar-refractivity contribution in [2.45, 2.75) is 56.5 Å². The van der Waals surface area contributed by atoms with Crippen LogP contribution >= 0.6 is 0 Å². The van der Waals surface area contributed by atoms with Gasteiger partial charge in [0.05, 0.1) is 28.4 Å². The summed E-state index contributed by atoms with van der Waals surface area (Å²) in [5.74, 6) is -1.17. The predicted molar refractivity (Wildman–Crippen MR) is 150 cm³/mol. The van der Waals surface area contributed by atoms with Gasteiger partial charge in [0.15, 0.2) is 0 Å². The number of aromatic nitrogens is 3. The zero-order valence-corrected chi connectivity index (χ0v) is 22.8. The molecule has 11 nitrogen and oxygen atoms in total. The van der Waals surface area contributed by atoms with Crippen LogP contribution in [-0.4, -0.2) is 55.8 Å². The molecule has 2 aliphatic carbocycles. The zero-order valence-electron chi connectivity index (χ0n) is 22.8. The van der Waals surface area contributed by atoms with Crippen molar-refractivity contribution in [3.8, 4) is 11.1 Å². The largest absolute Gasteiger partial charge is 0.385 e. The minimum Gasteiger partial charge on any atom is -0.385 e. The summed E-state index contributed by atoms with van der Waals surface area (Å²) < 4.78 is 3.62. The number of anilines is 1. The number of aryl methyl sites for hydroxylation is 1. The van der Waals surface area contributed by atoms with Gasteiger partial charge < -0.3 is 20.4 Å². The van der Waals surface area contributed by atoms with Crippen LogP contribution in [0, 0.1) is 5.92 Å². The van der Waals surface area contributed by atoms with Gasteiger partial charge in [-0.15, -0.1) is 0 Å². The Bertz CT molecular complexity index is 1610. The molecule has 0 bridgehead atoms. The number of nitrogens with one attached hydrogen (secondary N) is 1.